The summed E-state index contributed by atoms with van der Waals surface area (Å²) in [5.41, 5.74) is -0.429. The second kappa shape index (κ2) is 7.96. The highest BCUT2D eigenvalue weighted by Crippen LogP contribution is 2.30. The Labute approximate surface area is 166 Å². The van der Waals surface area contributed by atoms with Crippen molar-refractivity contribution in [1.29, 1.82) is 0 Å². The lowest BCUT2D eigenvalue weighted by atomic mass is 10.2. The number of hydrogen-bond acceptors (Lipinski definition) is 4. The molecule has 1 aromatic carbocycles. The highest BCUT2D eigenvalue weighted by Gasteiger charge is 2.31. The summed E-state index contributed by atoms with van der Waals surface area (Å²) in [5.74, 6) is -1.00. The van der Waals surface area contributed by atoms with Gasteiger partial charge in [0.05, 0.1) is 11.3 Å². The van der Waals surface area contributed by atoms with Gasteiger partial charge in [-0.15, -0.1) is 10.2 Å². The minimum atomic E-state index is -4.50. The number of benzene rings is 1. The first-order chi connectivity index (χ1) is 13.2. The molecular weight excluding hydrogens is 420 g/mol. The van der Waals surface area contributed by atoms with E-state index >= 15 is 0 Å². The molecular formula is C17H13ClF4N4OS. The van der Waals surface area contributed by atoms with Crippen LogP contribution in [0.1, 0.15) is 11.1 Å². The topological polar surface area (TPSA) is 50.5 Å². The number of thioether (sulfide) groups is 1. The summed E-state index contributed by atoms with van der Waals surface area (Å²) in [6.07, 6.45) is -3.62. The number of carbonyl (C=O) groups excluding carboxylic acids is 1. The van der Waals surface area contributed by atoms with Crippen LogP contribution >= 0.6 is 23.4 Å². The highest BCUT2D eigenvalue weighted by molar-refractivity contribution is 7.99. The van der Waals surface area contributed by atoms with Crippen LogP contribution < -0.4 is 0 Å². The third-order valence-electron chi connectivity index (χ3n) is 3.91. The quantitative estimate of drug-likeness (QED) is 0.446. The molecule has 0 unspecified atom stereocenters. The minimum Gasteiger partial charge on any atom is -0.341 e. The molecule has 1 amide bonds. The van der Waals surface area contributed by atoms with Crippen molar-refractivity contribution in [1.82, 2.24) is 19.5 Å². The molecule has 0 saturated carbocycles. The highest BCUT2D eigenvalue weighted by atomic mass is 35.5. The van der Waals surface area contributed by atoms with Crippen molar-refractivity contribution in [2.45, 2.75) is 17.9 Å². The molecule has 0 aliphatic rings. The van der Waals surface area contributed by atoms with Gasteiger partial charge >= 0.3 is 6.18 Å². The van der Waals surface area contributed by atoms with E-state index in [2.05, 4.69) is 10.2 Å². The van der Waals surface area contributed by atoms with Gasteiger partial charge in [-0.2, -0.15) is 13.2 Å². The molecule has 0 aliphatic carbocycles. The Balaban J connectivity index is 1.70. The molecule has 11 heteroatoms. The van der Waals surface area contributed by atoms with Crippen LogP contribution in [0.5, 0.6) is 0 Å². The van der Waals surface area contributed by atoms with Crippen molar-refractivity contribution in [2.24, 2.45) is 0 Å². The number of fused-ring (bicyclic) bond motifs is 1. The number of hydrogen-bond donors (Lipinski definition) is 0. The Bertz CT molecular complexity index is 1000. The zero-order valence-electron chi connectivity index (χ0n) is 14.4. The maximum atomic E-state index is 13.9. The van der Waals surface area contributed by atoms with E-state index in [-0.39, 0.29) is 39.6 Å². The summed E-state index contributed by atoms with van der Waals surface area (Å²) in [5, 5.41) is 7.96. The van der Waals surface area contributed by atoms with Gasteiger partial charge in [0.1, 0.15) is 5.82 Å². The summed E-state index contributed by atoms with van der Waals surface area (Å²) in [4.78, 5) is 13.6. The van der Waals surface area contributed by atoms with Crippen molar-refractivity contribution in [3.8, 4) is 0 Å². The number of amides is 1. The molecule has 148 valence electrons. The van der Waals surface area contributed by atoms with Crippen LogP contribution in [0.3, 0.4) is 0 Å². The molecule has 0 atom stereocenters. The SMILES string of the molecule is CN(Cc1c(F)cccc1Cl)C(=O)CSc1nnc2ccc(C(F)(F)F)cn12. The summed E-state index contributed by atoms with van der Waals surface area (Å²) in [7, 11) is 1.48. The van der Waals surface area contributed by atoms with E-state index in [1.807, 2.05) is 0 Å². The molecule has 0 spiro atoms. The zero-order valence-corrected chi connectivity index (χ0v) is 15.9. The Morgan fingerprint density at radius 1 is 1.25 bits per heavy atom. The van der Waals surface area contributed by atoms with Gasteiger partial charge in [0.15, 0.2) is 10.8 Å². The molecule has 3 aromatic rings. The molecule has 5 nitrogen and oxygen atoms in total. The average molecular weight is 433 g/mol. The number of halogens is 5. The fourth-order valence-electron chi connectivity index (χ4n) is 2.38. The van der Waals surface area contributed by atoms with E-state index in [1.54, 1.807) is 0 Å². The molecule has 0 radical (unpaired) electrons. The molecule has 0 saturated heterocycles. The zero-order chi connectivity index (χ0) is 20.5. The summed E-state index contributed by atoms with van der Waals surface area (Å²) < 4.78 is 53.7. The van der Waals surface area contributed by atoms with Gasteiger partial charge in [-0.1, -0.05) is 29.4 Å². The third-order valence-corrected chi connectivity index (χ3v) is 5.19. The summed E-state index contributed by atoms with van der Waals surface area (Å²) in [6, 6.07) is 6.34. The van der Waals surface area contributed by atoms with E-state index < -0.39 is 17.6 Å². The van der Waals surface area contributed by atoms with Gasteiger partial charge in [-0.05, 0) is 24.3 Å². The van der Waals surface area contributed by atoms with E-state index in [1.165, 1.54) is 40.6 Å². The second-order valence-electron chi connectivity index (χ2n) is 5.86. The first kappa shape index (κ1) is 20.4. The van der Waals surface area contributed by atoms with Crippen molar-refractivity contribution in [3.63, 3.8) is 0 Å². The van der Waals surface area contributed by atoms with Gasteiger partial charge < -0.3 is 4.90 Å². The number of pyridine rings is 1. The monoisotopic (exact) mass is 432 g/mol. The minimum absolute atomic E-state index is 0.0380. The lowest BCUT2D eigenvalue weighted by molar-refractivity contribution is -0.138. The maximum Gasteiger partial charge on any atom is 0.417 e. The number of nitrogens with zero attached hydrogens (tertiary/aromatic N) is 4. The molecule has 0 bridgehead atoms. The number of rotatable bonds is 5. The maximum absolute atomic E-state index is 13.9. The van der Waals surface area contributed by atoms with Gasteiger partial charge in [0, 0.05) is 30.4 Å². The van der Waals surface area contributed by atoms with Crippen molar-refractivity contribution in [2.75, 3.05) is 12.8 Å². The predicted octanol–water partition coefficient (Wildman–Crippen LogP) is 4.29. The molecule has 2 heterocycles. The van der Waals surface area contributed by atoms with Crippen LogP contribution in [0.25, 0.3) is 5.65 Å². The Hall–Kier alpha value is -2.33. The van der Waals surface area contributed by atoms with Gasteiger partial charge in [-0.25, -0.2) is 4.39 Å². The smallest absolute Gasteiger partial charge is 0.341 e. The normalized spacial score (nSPS) is 11.8. The van der Waals surface area contributed by atoms with E-state index in [4.69, 9.17) is 11.6 Å². The second-order valence-corrected chi connectivity index (χ2v) is 7.21. The van der Waals surface area contributed by atoms with Gasteiger partial charge in [0.2, 0.25) is 5.91 Å². The number of alkyl halides is 3. The van der Waals surface area contributed by atoms with Gasteiger partial charge in [-0.3, -0.25) is 9.20 Å². The predicted molar refractivity (Wildman–Crippen MR) is 96.6 cm³/mol. The van der Waals surface area contributed by atoms with Gasteiger partial charge in [0.25, 0.3) is 0 Å². The Morgan fingerprint density at radius 3 is 2.68 bits per heavy atom. The molecule has 28 heavy (non-hydrogen) atoms. The number of aromatic nitrogens is 3. The van der Waals surface area contributed by atoms with E-state index in [0.29, 0.717) is 0 Å². The first-order valence-electron chi connectivity index (χ1n) is 7.88. The van der Waals surface area contributed by atoms with Crippen LogP contribution in [-0.2, 0) is 17.5 Å². The lowest BCUT2D eigenvalue weighted by Crippen LogP contribution is -2.28. The summed E-state index contributed by atoms with van der Waals surface area (Å²) >= 11 is 6.89. The van der Waals surface area contributed by atoms with Crippen LogP contribution in [0.15, 0.2) is 41.7 Å². The van der Waals surface area contributed by atoms with E-state index in [0.717, 1.165) is 24.0 Å². The molecule has 0 aliphatic heterocycles. The van der Waals surface area contributed by atoms with Crippen molar-refractivity contribution < 1.29 is 22.4 Å². The standard InChI is InChI=1S/C17H13ClF4N4OS/c1-25(8-11-12(18)3-2-4-13(11)19)15(27)9-28-16-24-23-14-6-5-10(7-26(14)16)17(20,21)22/h2-7H,8-9H2,1H3. The molecule has 0 fully saturated rings. The first-order valence-corrected chi connectivity index (χ1v) is 9.25. The van der Waals surface area contributed by atoms with Crippen molar-refractivity contribution in [3.05, 3.63) is 58.5 Å². The number of carbonyl (C=O) groups is 1. The average Bonchev–Trinajstić information content (AvgIpc) is 3.04. The molecule has 3 rings (SSSR count). The third kappa shape index (κ3) is 4.39. The Kier molecular flexibility index (Phi) is 5.80. The van der Waals surface area contributed by atoms with Crippen LogP contribution in [0.4, 0.5) is 17.6 Å². The van der Waals surface area contributed by atoms with Crippen LogP contribution in [0, 0.1) is 5.82 Å². The fourth-order valence-corrected chi connectivity index (χ4v) is 3.46. The van der Waals surface area contributed by atoms with E-state index in [9.17, 15) is 22.4 Å². The fraction of sp³-hybridized carbons (Fsp3) is 0.235. The lowest BCUT2D eigenvalue weighted by Gasteiger charge is -2.18. The van der Waals surface area contributed by atoms with Crippen molar-refractivity contribution >= 4 is 34.9 Å². The largest absolute Gasteiger partial charge is 0.417 e. The van der Waals surface area contributed by atoms with Crippen LogP contribution in [0.2, 0.25) is 5.02 Å². The Morgan fingerprint density at radius 2 is 2.00 bits per heavy atom. The van der Waals surface area contributed by atoms with Crippen LogP contribution in [-0.4, -0.2) is 38.2 Å². The summed E-state index contributed by atoms with van der Waals surface area (Å²) in [6.45, 7) is -0.0380. The molecule has 2 aromatic heterocycles. The molecule has 0 N–H and O–H groups in total.